The minimum absolute atomic E-state index is 0.0419. The van der Waals surface area contributed by atoms with Crippen LogP contribution in [0.15, 0.2) is 42.7 Å². The first-order valence-corrected chi connectivity index (χ1v) is 12.7. The Kier molecular flexibility index (Phi) is 6.12. The molecule has 5 rings (SSSR count). The monoisotopic (exact) mass is 505 g/mol. The van der Waals surface area contributed by atoms with Crippen molar-refractivity contribution in [1.82, 2.24) is 20.5 Å². The lowest BCUT2D eigenvalue weighted by atomic mass is 9.89. The van der Waals surface area contributed by atoms with Crippen LogP contribution in [0.3, 0.4) is 0 Å². The number of rotatable bonds is 6. The molecule has 9 nitrogen and oxygen atoms in total. The van der Waals surface area contributed by atoms with E-state index in [1.54, 1.807) is 19.5 Å². The Morgan fingerprint density at radius 3 is 2.76 bits per heavy atom. The maximum absolute atomic E-state index is 13.5. The topological polar surface area (TPSA) is 117 Å². The highest BCUT2D eigenvalue weighted by molar-refractivity contribution is 5.99. The van der Waals surface area contributed by atoms with Crippen LogP contribution in [0.5, 0.6) is 11.5 Å². The lowest BCUT2D eigenvalue weighted by Gasteiger charge is -2.42. The van der Waals surface area contributed by atoms with Gasteiger partial charge >= 0.3 is 0 Å². The van der Waals surface area contributed by atoms with Gasteiger partial charge in [-0.1, -0.05) is 18.2 Å². The molecule has 3 aliphatic rings. The Hall–Kier alpha value is -3.62. The van der Waals surface area contributed by atoms with Crippen LogP contribution in [-0.2, 0) is 9.59 Å². The molecule has 9 heteroatoms. The van der Waals surface area contributed by atoms with Crippen LogP contribution in [0, 0.1) is 17.2 Å². The summed E-state index contributed by atoms with van der Waals surface area (Å²) in [6, 6.07) is 8.98. The third-order valence-corrected chi connectivity index (χ3v) is 7.42. The summed E-state index contributed by atoms with van der Waals surface area (Å²) < 4.78 is 11.5. The van der Waals surface area contributed by atoms with Gasteiger partial charge in [-0.25, -0.2) is 0 Å². The first-order chi connectivity index (χ1) is 17.5. The number of nitrogens with zero attached hydrogens (tertiary/aromatic N) is 2. The zero-order valence-electron chi connectivity index (χ0n) is 22.0. The zero-order chi connectivity index (χ0) is 26.5. The molecule has 0 radical (unpaired) electrons. The molecule has 4 atom stereocenters. The number of carbonyl (C=O) groups excluding carboxylic acids is 2. The number of ether oxygens (including phenoxy) is 2. The van der Waals surface area contributed by atoms with E-state index < -0.39 is 17.2 Å². The maximum atomic E-state index is 13.5. The third kappa shape index (κ3) is 4.99. The molecule has 37 heavy (non-hydrogen) atoms. The van der Waals surface area contributed by atoms with Crippen molar-refractivity contribution in [2.24, 2.45) is 11.8 Å². The first-order valence-electron chi connectivity index (χ1n) is 12.7. The first kappa shape index (κ1) is 25.0. The van der Waals surface area contributed by atoms with E-state index in [0.29, 0.717) is 18.6 Å². The van der Waals surface area contributed by atoms with Gasteiger partial charge in [0.2, 0.25) is 11.8 Å². The molecular weight excluding hydrogens is 470 g/mol. The Morgan fingerprint density at radius 1 is 1.27 bits per heavy atom. The fraction of sp³-hybridized carbons (Fsp3) is 0.500. The molecule has 1 aliphatic carbocycles. The minimum Gasteiger partial charge on any atom is -0.495 e. The van der Waals surface area contributed by atoms with Crippen molar-refractivity contribution in [1.29, 1.82) is 5.41 Å². The summed E-state index contributed by atoms with van der Waals surface area (Å²) in [5.74, 6) is 0.766. The Labute approximate surface area is 217 Å². The van der Waals surface area contributed by atoms with Gasteiger partial charge in [0.25, 0.3) is 0 Å². The molecule has 1 aromatic carbocycles. The predicted octanol–water partition coefficient (Wildman–Crippen LogP) is 3.72. The number of pyridine rings is 1. The van der Waals surface area contributed by atoms with E-state index in [0.717, 1.165) is 16.9 Å². The molecule has 3 heterocycles. The molecular formula is C28H35N5O4. The number of para-hydroxylation sites is 1. The lowest BCUT2D eigenvalue weighted by molar-refractivity contribution is -0.133. The summed E-state index contributed by atoms with van der Waals surface area (Å²) in [6.07, 6.45) is 4.82. The SMILES string of the molecule is COc1cncc(C([C@@H]2C[C@H]2C(=O)N[C@H]2CC(C)(C)Oc3ccccc32)N2C(=N)NC(C)(C)CC2=O)c1. The fourth-order valence-corrected chi connectivity index (χ4v) is 5.68. The minimum atomic E-state index is -0.509. The van der Waals surface area contributed by atoms with Gasteiger partial charge in [-0.2, -0.15) is 0 Å². The number of amides is 2. The van der Waals surface area contributed by atoms with Crippen molar-refractivity contribution in [3.8, 4) is 11.5 Å². The van der Waals surface area contributed by atoms with Crippen LogP contribution < -0.4 is 20.1 Å². The van der Waals surface area contributed by atoms with Crippen molar-refractivity contribution >= 4 is 17.8 Å². The molecule has 2 aliphatic heterocycles. The van der Waals surface area contributed by atoms with Crippen LogP contribution in [0.2, 0.25) is 0 Å². The highest BCUT2D eigenvalue weighted by atomic mass is 16.5. The van der Waals surface area contributed by atoms with Crippen molar-refractivity contribution < 1.29 is 19.1 Å². The van der Waals surface area contributed by atoms with Crippen LogP contribution in [0.4, 0.5) is 0 Å². The van der Waals surface area contributed by atoms with E-state index in [-0.39, 0.29) is 42.1 Å². The van der Waals surface area contributed by atoms with Gasteiger partial charge in [0.15, 0.2) is 5.96 Å². The number of benzene rings is 1. The summed E-state index contributed by atoms with van der Waals surface area (Å²) in [6.45, 7) is 7.85. The maximum Gasteiger partial charge on any atom is 0.232 e. The van der Waals surface area contributed by atoms with Gasteiger partial charge in [-0.15, -0.1) is 0 Å². The van der Waals surface area contributed by atoms with Crippen LogP contribution in [-0.4, -0.2) is 45.9 Å². The van der Waals surface area contributed by atoms with Crippen molar-refractivity contribution in [3.63, 3.8) is 0 Å². The van der Waals surface area contributed by atoms with E-state index >= 15 is 0 Å². The molecule has 2 amide bonds. The number of guanidine groups is 1. The summed E-state index contributed by atoms with van der Waals surface area (Å²) in [4.78, 5) is 32.6. The number of carbonyl (C=O) groups is 2. The second-order valence-electron chi connectivity index (χ2n) is 11.6. The highest BCUT2D eigenvalue weighted by Crippen LogP contribution is 2.52. The number of hydrogen-bond acceptors (Lipinski definition) is 6. The standard InChI is InChI=1S/C28H35N5O4/c1-27(2)13-23(34)33(26(29)32-27)24(16-10-17(36-5)15-30-14-16)19-11-20(19)25(35)31-21-12-28(3,4)37-22-9-7-6-8-18(21)22/h6-10,14-15,19-21,24H,11-13H2,1-5H3,(H2,29,32)(H,31,35)/t19-,20-,21+,24?/m1/s1. The quantitative estimate of drug-likeness (QED) is 0.551. The lowest BCUT2D eigenvalue weighted by Crippen LogP contribution is -2.60. The summed E-state index contributed by atoms with van der Waals surface area (Å²) in [5, 5.41) is 15.1. The average molecular weight is 506 g/mol. The molecule has 1 saturated carbocycles. The van der Waals surface area contributed by atoms with Gasteiger partial charge in [-0.05, 0) is 57.7 Å². The zero-order valence-corrected chi connectivity index (χ0v) is 22.0. The van der Waals surface area contributed by atoms with Gasteiger partial charge in [0.05, 0.1) is 25.4 Å². The molecule has 1 aromatic heterocycles. The Bertz CT molecular complexity index is 1220. The summed E-state index contributed by atoms with van der Waals surface area (Å²) >= 11 is 0. The van der Waals surface area contributed by atoms with E-state index in [1.165, 1.54) is 4.90 Å². The summed E-state index contributed by atoms with van der Waals surface area (Å²) in [5.41, 5.74) is 0.806. The van der Waals surface area contributed by atoms with Crippen molar-refractivity contribution in [2.75, 3.05) is 7.11 Å². The molecule has 0 spiro atoms. The highest BCUT2D eigenvalue weighted by Gasteiger charge is 2.54. The molecule has 1 saturated heterocycles. The van der Waals surface area contributed by atoms with Crippen LogP contribution in [0.1, 0.15) is 70.2 Å². The number of fused-ring (bicyclic) bond motifs is 1. The van der Waals surface area contributed by atoms with Crippen molar-refractivity contribution in [3.05, 3.63) is 53.9 Å². The molecule has 196 valence electrons. The molecule has 3 N–H and O–H groups in total. The van der Waals surface area contributed by atoms with Gasteiger partial charge in [-0.3, -0.25) is 24.9 Å². The number of aromatic nitrogens is 1. The normalized spacial score (nSPS) is 26.3. The van der Waals surface area contributed by atoms with E-state index in [4.69, 9.17) is 14.9 Å². The Morgan fingerprint density at radius 2 is 2.03 bits per heavy atom. The second kappa shape index (κ2) is 9.04. The predicted molar refractivity (Wildman–Crippen MR) is 138 cm³/mol. The van der Waals surface area contributed by atoms with E-state index in [9.17, 15) is 9.59 Å². The van der Waals surface area contributed by atoms with Gasteiger partial charge < -0.3 is 20.1 Å². The van der Waals surface area contributed by atoms with Crippen LogP contribution in [0.25, 0.3) is 0 Å². The number of hydrogen-bond donors (Lipinski definition) is 3. The van der Waals surface area contributed by atoms with Crippen LogP contribution >= 0.6 is 0 Å². The largest absolute Gasteiger partial charge is 0.495 e. The van der Waals surface area contributed by atoms with E-state index in [1.807, 2.05) is 58.0 Å². The number of nitrogens with one attached hydrogen (secondary N) is 3. The van der Waals surface area contributed by atoms with E-state index in [2.05, 4.69) is 15.6 Å². The van der Waals surface area contributed by atoms with Gasteiger partial charge in [0, 0.05) is 36.1 Å². The van der Waals surface area contributed by atoms with Gasteiger partial charge in [0.1, 0.15) is 17.1 Å². The molecule has 2 aromatic rings. The molecule has 1 unspecified atom stereocenters. The molecule has 2 fully saturated rings. The third-order valence-electron chi connectivity index (χ3n) is 7.42. The summed E-state index contributed by atoms with van der Waals surface area (Å²) in [7, 11) is 1.56. The van der Waals surface area contributed by atoms with Crippen molar-refractivity contribution in [2.45, 2.75) is 70.2 Å². The Balaban J connectivity index is 1.40. The molecule has 0 bridgehead atoms. The fourth-order valence-electron chi connectivity index (χ4n) is 5.68. The second-order valence-corrected chi connectivity index (χ2v) is 11.6. The average Bonchev–Trinajstić information content (AvgIpc) is 3.60. The number of methoxy groups -OCH3 is 1. The smallest absolute Gasteiger partial charge is 0.232 e.